The molecule has 1 unspecified atom stereocenters. The second-order valence-corrected chi connectivity index (χ2v) is 8.49. The summed E-state index contributed by atoms with van der Waals surface area (Å²) < 4.78 is 32.2. The molecule has 0 bridgehead atoms. The number of sulfonamides is 1. The summed E-state index contributed by atoms with van der Waals surface area (Å²) in [5, 5.41) is 0. The molecule has 0 aliphatic carbocycles. The van der Waals surface area contributed by atoms with E-state index in [1.54, 1.807) is 19.1 Å². The van der Waals surface area contributed by atoms with Gasteiger partial charge in [0, 0.05) is 13.1 Å². The molecule has 0 N–H and O–H groups in total. The van der Waals surface area contributed by atoms with Crippen LogP contribution in [0.4, 0.5) is 0 Å². The van der Waals surface area contributed by atoms with Gasteiger partial charge in [-0.3, -0.25) is 4.79 Å². The zero-order valence-electron chi connectivity index (χ0n) is 15.2. The third kappa shape index (κ3) is 5.28. The van der Waals surface area contributed by atoms with Crippen molar-refractivity contribution >= 4 is 16.0 Å². The Morgan fingerprint density at radius 2 is 1.92 bits per heavy atom. The van der Waals surface area contributed by atoms with Crippen LogP contribution in [0.1, 0.15) is 51.5 Å². The van der Waals surface area contributed by atoms with Gasteiger partial charge in [-0.1, -0.05) is 31.9 Å². The van der Waals surface area contributed by atoms with E-state index < -0.39 is 10.0 Å². The highest BCUT2D eigenvalue weighted by Crippen LogP contribution is 2.25. The van der Waals surface area contributed by atoms with Crippen LogP contribution in [0, 0.1) is 5.92 Å². The Morgan fingerprint density at radius 1 is 1.20 bits per heavy atom. The molecule has 0 saturated carbocycles. The van der Waals surface area contributed by atoms with E-state index in [9.17, 15) is 13.2 Å². The van der Waals surface area contributed by atoms with Crippen LogP contribution in [0.15, 0.2) is 29.2 Å². The largest absolute Gasteiger partial charge is 0.466 e. The van der Waals surface area contributed by atoms with Gasteiger partial charge in [-0.25, -0.2) is 8.42 Å². The first-order chi connectivity index (χ1) is 12.0. The normalized spacial score (nSPS) is 18.9. The third-order valence-corrected chi connectivity index (χ3v) is 6.51. The van der Waals surface area contributed by atoms with Gasteiger partial charge in [0.2, 0.25) is 10.0 Å². The molecule has 1 aliphatic heterocycles. The molecule has 0 spiro atoms. The topological polar surface area (TPSA) is 63.7 Å². The van der Waals surface area contributed by atoms with E-state index in [2.05, 4.69) is 6.92 Å². The molecule has 0 aromatic heterocycles. The number of piperidine rings is 1. The van der Waals surface area contributed by atoms with Gasteiger partial charge in [0.25, 0.3) is 0 Å². The number of benzene rings is 1. The molecular formula is C19H29NO4S. The maximum Gasteiger partial charge on any atom is 0.310 e. The maximum atomic E-state index is 12.9. The first kappa shape index (κ1) is 19.9. The summed E-state index contributed by atoms with van der Waals surface area (Å²) in [7, 11) is -3.56. The van der Waals surface area contributed by atoms with Gasteiger partial charge in [0.15, 0.2) is 0 Å². The fraction of sp³-hybridized carbons (Fsp3) is 0.632. The quantitative estimate of drug-likeness (QED) is 0.522. The molecule has 6 heteroatoms. The van der Waals surface area contributed by atoms with Gasteiger partial charge in [0.05, 0.1) is 17.4 Å². The van der Waals surface area contributed by atoms with Crippen molar-refractivity contribution in [1.29, 1.82) is 0 Å². The van der Waals surface area contributed by atoms with Crippen molar-refractivity contribution in [2.24, 2.45) is 5.92 Å². The molecule has 1 atom stereocenters. The zero-order valence-corrected chi connectivity index (χ0v) is 16.1. The number of hydrogen-bond acceptors (Lipinski definition) is 4. The molecule has 1 heterocycles. The first-order valence-electron chi connectivity index (χ1n) is 9.24. The van der Waals surface area contributed by atoms with E-state index >= 15 is 0 Å². The summed E-state index contributed by atoms with van der Waals surface area (Å²) in [6, 6.07) is 7.17. The number of carbonyl (C=O) groups excluding carboxylic acids is 1. The number of unbranched alkanes of at least 4 members (excludes halogenated alkanes) is 2. The molecule has 1 saturated heterocycles. The van der Waals surface area contributed by atoms with Gasteiger partial charge in [-0.2, -0.15) is 4.31 Å². The number of aryl methyl sites for hydroxylation is 1. The van der Waals surface area contributed by atoms with Gasteiger partial charge >= 0.3 is 5.97 Å². The predicted octanol–water partition coefficient (Wildman–Crippen LogP) is 3.38. The minimum absolute atomic E-state index is 0.208. The lowest BCUT2D eigenvalue weighted by Gasteiger charge is -2.30. The van der Waals surface area contributed by atoms with Crippen molar-refractivity contribution in [3.05, 3.63) is 29.8 Å². The van der Waals surface area contributed by atoms with E-state index in [4.69, 9.17) is 4.74 Å². The molecule has 1 aromatic carbocycles. The molecule has 0 amide bonds. The Bertz CT molecular complexity index is 655. The van der Waals surface area contributed by atoms with Gasteiger partial charge in [-0.05, 0) is 50.3 Å². The average Bonchev–Trinajstić information content (AvgIpc) is 2.63. The highest BCUT2D eigenvalue weighted by Gasteiger charge is 2.33. The second kappa shape index (κ2) is 9.34. The van der Waals surface area contributed by atoms with Crippen LogP contribution in [-0.2, 0) is 26.0 Å². The Balaban J connectivity index is 2.05. The smallest absolute Gasteiger partial charge is 0.310 e. The van der Waals surface area contributed by atoms with Crippen LogP contribution in [-0.4, -0.2) is 38.4 Å². The summed E-state index contributed by atoms with van der Waals surface area (Å²) in [6.07, 6.45) is 5.81. The van der Waals surface area contributed by atoms with Crippen molar-refractivity contribution < 1.29 is 17.9 Å². The molecular weight excluding hydrogens is 338 g/mol. The van der Waals surface area contributed by atoms with Gasteiger partial charge < -0.3 is 4.74 Å². The lowest BCUT2D eigenvalue weighted by Crippen LogP contribution is -2.42. The zero-order chi connectivity index (χ0) is 18.3. The monoisotopic (exact) mass is 367 g/mol. The predicted molar refractivity (Wildman–Crippen MR) is 97.8 cm³/mol. The average molecular weight is 368 g/mol. The molecule has 0 radical (unpaired) electrons. The minimum Gasteiger partial charge on any atom is -0.466 e. The highest BCUT2D eigenvalue weighted by molar-refractivity contribution is 7.89. The van der Waals surface area contributed by atoms with Crippen LogP contribution in [0.25, 0.3) is 0 Å². The van der Waals surface area contributed by atoms with E-state index in [0.717, 1.165) is 18.4 Å². The SMILES string of the molecule is CCCCCc1ccc(S(=O)(=O)N2CCCC(C(=O)OCC)C2)cc1. The van der Waals surface area contributed by atoms with Gasteiger partial charge in [0.1, 0.15) is 0 Å². The van der Waals surface area contributed by atoms with Crippen molar-refractivity contribution in [2.45, 2.75) is 57.3 Å². The summed E-state index contributed by atoms with van der Waals surface area (Å²) in [5.41, 5.74) is 1.16. The lowest BCUT2D eigenvalue weighted by atomic mass is 10.0. The summed E-state index contributed by atoms with van der Waals surface area (Å²) in [5.74, 6) is -0.662. The van der Waals surface area contributed by atoms with E-state index in [1.165, 1.54) is 17.1 Å². The number of esters is 1. The first-order valence-corrected chi connectivity index (χ1v) is 10.7. The Kier molecular flexibility index (Phi) is 7.44. The van der Waals surface area contributed by atoms with Crippen LogP contribution >= 0.6 is 0 Å². The molecule has 2 rings (SSSR count). The summed E-state index contributed by atoms with van der Waals surface area (Å²) >= 11 is 0. The van der Waals surface area contributed by atoms with Crippen LogP contribution < -0.4 is 0 Å². The number of rotatable bonds is 8. The molecule has 1 aliphatic rings. The summed E-state index contributed by atoms with van der Waals surface area (Å²) in [4.78, 5) is 12.2. The van der Waals surface area contributed by atoms with Crippen LogP contribution in [0.2, 0.25) is 0 Å². The van der Waals surface area contributed by atoms with E-state index in [-0.39, 0.29) is 18.4 Å². The number of nitrogens with zero attached hydrogens (tertiary/aromatic N) is 1. The highest BCUT2D eigenvalue weighted by atomic mass is 32.2. The second-order valence-electron chi connectivity index (χ2n) is 6.56. The Hall–Kier alpha value is -1.40. The lowest BCUT2D eigenvalue weighted by molar-refractivity contribution is -0.149. The molecule has 1 fully saturated rings. The van der Waals surface area contributed by atoms with E-state index in [0.29, 0.717) is 30.9 Å². The Morgan fingerprint density at radius 3 is 2.56 bits per heavy atom. The standard InChI is InChI=1S/C19H29NO4S/c1-3-5-6-8-16-10-12-18(13-11-16)25(22,23)20-14-7-9-17(15-20)19(21)24-4-2/h10-13,17H,3-9,14-15H2,1-2H3. The summed E-state index contributed by atoms with van der Waals surface area (Å²) in [6.45, 7) is 4.91. The molecule has 5 nitrogen and oxygen atoms in total. The number of ether oxygens (including phenoxy) is 1. The number of carbonyl (C=O) groups is 1. The van der Waals surface area contributed by atoms with Crippen LogP contribution in [0.5, 0.6) is 0 Å². The number of hydrogen-bond donors (Lipinski definition) is 0. The molecule has 140 valence electrons. The minimum atomic E-state index is -3.56. The van der Waals surface area contributed by atoms with Crippen molar-refractivity contribution in [2.75, 3.05) is 19.7 Å². The maximum absolute atomic E-state index is 12.9. The van der Waals surface area contributed by atoms with Crippen molar-refractivity contribution in [3.8, 4) is 0 Å². The third-order valence-electron chi connectivity index (χ3n) is 4.63. The molecule has 25 heavy (non-hydrogen) atoms. The van der Waals surface area contributed by atoms with E-state index in [1.807, 2.05) is 12.1 Å². The fourth-order valence-electron chi connectivity index (χ4n) is 3.17. The van der Waals surface area contributed by atoms with Crippen LogP contribution in [0.3, 0.4) is 0 Å². The van der Waals surface area contributed by atoms with Gasteiger partial charge in [-0.15, -0.1) is 0 Å². The van der Waals surface area contributed by atoms with Crippen molar-refractivity contribution in [1.82, 2.24) is 4.31 Å². The van der Waals surface area contributed by atoms with Crippen molar-refractivity contribution in [3.63, 3.8) is 0 Å². The fourth-order valence-corrected chi connectivity index (χ4v) is 4.69. The molecule has 1 aromatic rings. The Labute approximate surface area is 151 Å².